The lowest BCUT2D eigenvalue weighted by molar-refractivity contribution is -0.385. The van der Waals surface area contributed by atoms with Crippen LogP contribution in [-0.4, -0.2) is 48.9 Å². The van der Waals surface area contributed by atoms with Gasteiger partial charge in [0.25, 0.3) is 16.8 Å². The van der Waals surface area contributed by atoms with Crippen molar-refractivity contribution in [2.75, 3.05) is 19.0 Å². The molecular weight excluding hydrogens is 586 g/mol. The van der Waals surface area contributed by atoms with Gasteiger partial charge in [0, 0.05) is 17.3 Å². The number of aryl methyl sites for hydroxylation is 2. The molecule has 0 saturated carbocycles. The lowest BCUT2D eigenvalue weighted by Gasteiger charge is -2.13. The lowest BCUT2D eigenvalue weighted by Crippen LogP contribution is -2.36. The zero-order chi connectivity index (χ0) is 30.6. The van der Waals surface area contributed by atoms with Crippen molar-refractivity contribution in [2.24, 2.45) is 0 Å². The molecule has 3 amide bonds. The van der Waals surface area contributed by atoms with Crippen molar-refractivity contribution in [3.8, 4) is 11.5 Å². The normalized spacial score (nSPS) is 14.3. The highest BCUT2D eigenvalue weighted by atomic mass is 32.2. The number of carbonyl (C=O) groups excluding carboxylic acids is 3. The van der Waals surface area contributed by atoms with Gasteiger partial charge >= 0.3 is 10.1 Å². The van der Waals surface area contributed by atoms with E-state index in [0.29, 0.717) is 23.0 Å². The fourth-order valence-electron chi connectivity index (χ4n) is 3.91. The van der Waals surface area contributed by atoms with E-state index in [4.69, 9.17) is 8.92 Å². The molecule has 1 fully saturated rings. The maximum atomic E-state index is 12.9. The predicted octanol–water partition coefficient (Wildman–Crippen LogP) is 4.92. The van der Waals surface area contributed by atoms with E-state index in [2.05, 4.69) is 5.32 Å². The Balaban J connectivity index is 1.48. The van der Waals surface area contributed by atoms with Gasteiger partial charge in [-0.3, -0.25) is 29.4 Å². The summed E-state index contributed by atoms with van der Waals surface area (Å²) in [6.07, 6.45) is 2.24. The Bertz CT molecular complexity index is 1720. The molecule has 0 bridgehead atoms. The van der Waals surface area contributed by atoms with E-state index in [9.17, 15) is 32.9 Å². The van der Waals surface area contributed by atoms with Gasteiger partial charge < -0.3 is 14.2 Å². The monoisotopic (exact) mass is 611 g/mol. The van der Waals surface area contributed by atoms with Crippen molar-refractivity contribution in [3.63, 3.8) is 0 Å². The number of amides is 3. The summed E-state index contributed by atoms with van der Waals surface area (Å²) in [5, 5.41) is 13.3. The molecule has 4 rings (SSSR count). The van der Waals surface area contributed by atoms with E-state index in [-0.39, 0.29) is 27.7 Å². The van der Waals surface area contributed by atoms with E-state index in [1.807, 2.05) is 19.1 Å². The first kappa shape index (κ1) is 30.3. The summed E-state index contributed by atoms with van der Waals surface area (Å²) in [5.41, 5.74) is 1.93. The topological polar surface area (TPSA) is 162 Å². The van der Waals surface area contributed by atoms with Gasteiger partial charge in [-0.2, -0.15) is 8.42 Å². The van der Waals surface area contributed by atoms with Crippen LogP contribution < -0.4 is 14.2 Å². The molecule has 14 heteroatoms. The number of nitrogens with zero attached hydrogens (tertiary/aromatic N) is 2. The van der Waals surface area contributed by atoms with Crippen molar-refractivity contribution >= 4 is 56.4 Å². The SMILES string of the molecule is CCc1ccc(NC(=O)CN2C(=O)S/C(=C\c3ccc(OS(=O)(=O)c4ccc(C)c([N+](=O)[O-])c4)c(OC)c3)C2=O)cc1. The van der Waals surface area contributed by atoms with E-state index in [1.54, 1.807) is 12.1 Å². The molecule has 218 valence electrons. The van der Waals surface area contributed by atoms with Gasteiger partial charge in [-0.1, -0.05) is 31.2 Å². The second kappa shape index (κ2) is 12.4. The van der Waals surface area contributed by atoms with Gasteiger partial charge in [0.15, 0.2) is 11.5 Å². The Kier molecular flexibility index (Phi) is 8.97. The number of thioether (sulfide) groups is 1. The minimum atomic E-state index is -4.46. The number of rotatable bonds is 10. The highest BCUT2D eigenvalue weighted by Crippen LogP contribution is 2.36. The number of anilines is 1. The number of hydrogen-bond donors (Lipinski definition) is 1. The van der Waals surface area contributed by atoms with E-state index in [1.165, 1.54) is 50.4 Å². The summed E-state index contributed by atoms with van der Waals surface area (Å²) in [6, 6.07) is 14.7. The number of ether oxygens (including phenoxy) is 1. The highest BCUT2D eigenvalue weighted by Gasteiger charge is 2.36. The van der Waals surface area contributed by atoms with Crippen LogP contribution in [0.5, 0.6) is 11.5 Å². The Morgan fingerprint density at radius 1 is 1.07 bits per heavy atom. The van der Waals surface area contributed by atoms with Gasteiger partial charge in [0.2, 0.25) is 5.91 Å². The molecule has 0 aliphatic carbocycles. The van der Waals surface area contributed by atoms with E-state index in [0.717, 1.165) is 23.0 Å². The van der Waals surface area contributed by atoms with Crippen LogP contribution in [0.2, 0.25) is 0 Å². The summed E-state index contributed by atoms with van der Waals surface area (Å²) in [6.45, 7) is 3.02. The van der Waals surface area contributed by atoms with Crippen molar-refractivity contribution in [3.05, 3.63) is 92.4 Å². The first-order valence-electron chi connectivity index (χ1n) is 12.4. The van der Waals surface area contributed by atoms with E-state index >= 15 is 0 Å². The smallest absolute Gasteiger partial charge is 0.339 e. The zero-order valence-electron chi connectivity index (χ0n) is 22.7. The molecular formula is C28H25N3O9S2. The molecule has 3 aromatic rings. The van der Waals surface area contributed by atoms with Crippen LogP contribution in [0, 0.1) is 17.0 Å². The molecule has 0 unspecified atom stereocenters. The van der Waals surface area contributed by atoms with Crippen LogP contribution in [0.25, 0.3) is 6.08 Å². The van der Waals surface area contributed by atoms with Crippen molar-refractivity contribution < 1.29 is 36.6 Å². The van der Waals surface area contributed by atoms with Crippen LogP contribution in [0.3, 0.4) is 0 Å². The Morgan fingerprint density at radius 2 is 1.79 bits per heavy atom. The third kappa shape index (κ3) is 6.78. The molecule has 0 spiro atoms. The molecule has 0 radical (unpaired) electrons. The lowest BCUT2D eigenvalue weighted by atomic mass is 10.1. The third-order valence-electron chi connectivity index (χ3n) is 6.17. The fourth-order valence-corrected chi connectivity index (χ4v) is 5.71. The van der Waals surface area contributed by atoms with Crippen molar-refractivity contribution in [1.29, 1.82) is 0 Å². The summed E-state index contributed by atoms with van der Waals surface area (Å²) >= 11 is 0.655. The van der Waals surface area contributed by atoms with Gasteiger partial charge in [-0.25, -0.2) is 0 Å². The number of nitro benzene ring substituents is 1. The molecule has 0 atom stereocenters. The fraction of sp³-hybridized carbons (Fsp3) is 0.179. The standard InChI is InChI=1S/C28H25N3O9S2/c1-4-18-6-9-20(10-7-18)29-26(32)16-30-27(33)25(41-28(30)34)14-19-8-12-23(24(13-19)39-3)40-42(37,38)21-11-5-17(2)22(15-21)31(35)36/h5-15H,4,16H2,1-3H3,(H,29,32)/b25-14-. The molecule has 1 saturated heterocycles. The second-order valence-corrected chi connectivity index (χ2v) is 11.6. The Hall–Kier alpha value is -4.69. The molecule has 0 aromatic heterocycles. The maximum Gasteiger partial charge on any atom is 0.339 e. The van der Waals surface area contributed by atoms with Gasteiger partial charge in [0.1, 0.15) is 11.4 Å². The predicted molar refractivity (Wildman–Crippen MR) is 156 cm³/mol. The largest absolute Gasteiger partial charge is 0.493 e. The first-order chi connectivity index (χ1) is 19.9. The van der Waals surface area contributed by atoms with Crippen LogP contribution in [-0.2, 0) is 26.1 Å². The first-order valence-corrected chi connectivity index (χ1v) is 14.7. The van der Waals surface area contributed by atoms with Crippen LogP contribution in [0.1, 0.15) is 23.6 Å². The summed E-state index contributed by atoms with van der Waals surface area (Å²) < 4.78 is 36.1. The number of carbonyl (C=O) groups is 3. The van der Waals surface area contributed by atoms with Crippen LogP contribution in [0.4, 0.5) is 16.2 Å². The number of hydrogen-bond acceptors (Lipinski definition) is 10. The number of imide groups is 1. The quantitative estimate of drug-likeness (QED) is 0.144. The highest BCUT2D eigenvalue weighted by molar-refractivity contribution is 8.18. The Labute approximate surface area is 245 Å². The zero-order valence-corrected chi connectivity index (χ0v) is 24.3. The summed E-state index contributed by atoms with van der Waals surface area (Å²) in [4.78, 5) is 48.9. The molecule has 1 heterocycles. The number of nitro groups is 1. The van der Waals surface area contributed by atoms with Crippen LogP contribution in [0.15, 0.2) is 70.5 Å². The van der Waals surface area contributed by atoms with Crippen molar-refractivity contribution in [2.45, 2.75) is 25.2 Å². The number of nitrogens with one attached hydrogen (secondary N) is 1. The molecule has 3 aromatic carbocycles. The maximum absolute atomic E-state index is 12.9. The number of methoxy groups -OCH3 is 1. The van der Waals surface area contributed by atoms with E-state index < -0.39 is 43.5 Å². The molecule has 1 aliphatic rings. The van der Waals surface area contributed by atoms with Gasteiger partial charge in [0.05, 0.1) is 16.9 Å². The molecule has 1 aliphatic heterocycles. The third-order valence-corrected chi connectivity index (χ3v) is 8.31. The summed E-state index contributed by atoms with van der Waals surface area (Å²) in [7, 11) is -3.19. The molecule has 42 heavy (non-hydrogen) atoms. The number of benzene rings is 3. The van der Waals surface area contributed by atoms with Crippen molar-refractivity contribution in [1.82, 2.24) is 4.90 Å². The minimum Gasteiger partial charge on any atom is -0.493 e. The molecule has 12 nitrogen and oxygen atoms in total. The van der Waals surface area contributed by atoms with Crippen LogP contribution >= 0.6 is 11.8 Å². The molecule has 1 N–H and O–H groups in total. The summed E-state index contributed by atoms with van der Waals surface area (Å²) in [5.74, 6) is -1.41. The average molecular weight is 612 g/mol. The van der Waals surface area contributed by atoms with Gasteiger partial charge in [-0.05, 0) is 72.6 Å². The minimum absolute atomic E-state index is 0.0124. The Morgan fingerprint density at radius 3 is 2.43 bits per heavy atom. The van der Waals surface area contributed by atoms with Gasteiger partial charge in [-0.15, -0.1) is 0 Å². The average Bonchev–Trinajstić information content (AvgIpc) is 3.21. The second-order valence-electron chi connectivity index (χ2n) is 9.02.